The molecule has 4 aromatic rings. The molecule has 0 saturated heterocycles. The summed E-state index contributed by atoms with van der Waals surface area (Å²) in [7, 11) is -1.96. The van der Waals surface area contributed by atoms with Gasteiger partial charge in [0.25, 0.3) is 5.56 Å². The van der Waals surface area contributed by atoms with Gasteiger partial charge in [-0.3, -0.25) is 4.79 Å². The molecule has 2 heterocycles. The summed E-state index contributed by atoms with van der Waals surface area (Å²) in [6, 6.07) is 14.2. The summed E-state index contributed by atoms with van der Waals surface area (Å²) in [5.74, 6) is -0.115. The lowest BCUT2D eigenvalue weighted by Crippen LogP contribution is -2.20. The molecule has 0 aliphatic heterocycles. The molecule has 2 aromatic heterocycles. The highest BCUT2D eigenvalue weighted by atomic mass is 32.2. The Bertz CT molecular complexity index is 1350. The molecule has 0 unspecified atom stereocenters. The first-order chi connectivity index (χ1) is 13.5. The van der Waals surface area contributed by atoms with Crippen molar-refractivity contribution in [2.24, 2.45) is 10.2 Å². The van der Waals surface area contributed by atoms with Crippen molar-refractivity contribution in [3.63, 3.8) is 0 Å². The number of fused-ring (bicyclic) bond motifs is 3. The van der Waals surface area contributed by atoms with E-state index in [9.17, 15) is 13.2 Å². The van der Waals surface area contributed by atoms with Crippen LogP contribution in [0.3, 0.4) is 0 Å². The lowest BCUT2D eigenvalue weighted by atomic mass is 10.1. The topological polar surface area (TPSA) is 120 Å². The zero-order valence-electron chi connectivity index (χ0n) is 14.9. The van der Waals surface area contributed by atoms with Gasteiger partial charge in [0.1, 0.15) is 0 Å². The molecule has 0 amide bonds. The second-order valence-electron chi connectivity index (χ2n) is 6.25. The number of aromatic amines is 2. The predicted molar refractivity (Wildman–Crippen MR) is 115 cm³/mol. The first-order valence-corrected chi connectivity index (χ1v) is 10.2. The highest BCUT2D eigenvalue weighted by Crippen LogP contribution is 2.30. The van der Waals surface area contributed by atoms with Crippen LogP contribution in [0.15, 0.2) is 69.8 Å². The highest BCUT2D eigenvalue weighted by molar-refractivity contribution is 7.88. The quantitative estimate of drug-likeness (QED) is 0.429. The van der Waals surface area contributed by atoms with Crippen molar-refractivity contribution in [2.45, 2.75) is 13.2 Å². The zero-order chi connectivity index (χ0) is 19.7. The Morgan fingerprint density at radius 2 is 1.72 bits per heavy atom. The number of rotatable bonds is 5. The molecule has 0 aliphatic rings. The van der Waals surface area contributed by atoms with E-state index in [1.54, 1.807) is 24.3 Å². The Morgan fingerprint density at radius 3 is 2.45 bits per heavy atom. The molecule has 3 N–H and O–H groups in total. The minimum absolute atomic E-state index is 0. The summed E-state index contributed by atoms with van der Waals surface area (Å²) in [6.07, 6.45) is 1.82. The van der Waals surface area contributed by atoms with Crippen LogP contribution >= 0.6 is 0 Å². The van der Waals surface area contributed by atoms with Crippen LogP contribution in [-0.2, 0) is 15.8 Å². The second kappa shape index (κ2) is 7.98. The van der Waals surface area contributed by atoms with E-state index in [2.05, 4.69) is 24.9 Å². The molecule has 0 fully saturated rings. The molecule has 0 saturated carbocycles. The first kappa shape index (κ1) is 20.4. The number of nitrogens with zero attached hydrogens (tertiary/aromatic N) is 2. The molecule has 9 heteroatoms. The minimum Gasteiger partial charge on any atom is -0.361 e. The first-order valence-electron chi connectivity index (χ1n) is 8.51. The fourth-order valence-electron chi connectivity index (χ4n) is 3.01. The van der Waals surface area contributed by atoms with E-state index in [0.717, 1.165) is 10.9 Å². The van der Waals surface area contributed by atoms with Gasteiger partial charge in [-0.15, -0.1) is 5.11 Å². The summed E-state index contributed by atoms with van der Waals surface area (Å²) >= 11 is 0. The number of hydrogen-bond acceptors (Lipinski definition) is 5. The number of sulfonamides is 1. The summed E-state index contributed by atoms with van der Waals surface area (Å²) in [5, 5.41) is 9.91. The number of pyridine rings is 1. The van der Waals surface area contributed by atoms with Crippen LogP contribution in [0, 0.1) is 0 Å². The van der Waals surface area contributed by atoms with E-state index < -0.39 is 10.0 Å². The number of aromatic nitrogens is 2. The predicted octanol–water partition coefficient (Wildman–Crippen LogP) is 4.11. The molecule has 0 radical (unpaired) electrons. The van der Waals surface area contributed by atoms with Crippen molar-refractivity contribution in [2.75, 3.05) is 7.05 Å². The average molecular weight is 411 g/mol. The van der Waals surface area contributed by atoms with Crippen molar-refractivity contribution < 1.29 is 8.42 Å². The van der Waals surface area contributed by atoms with Gasteiger partial charge in [-0.2, -0.15) is 5.11 Å². The summed E-state index contributed by atoms with van der Waals surface area (Å²) in [4.78, 5) is 18.3. The van der Waals surface area contributed by atoms with Crippen LogP contribution in [-0.4, -0.2) is 25.4 Å². The van der Waals surface area contributed by atoms with Gasteiger partial charge in [0.15, 0.2) is 5.69 Å². The fraction of sp³-hybridized carbons (Fsp3) is 0.150. The molecule has 29 heavy (non-hydrogen) atoms. The van der Waals surface area contributed by atoms with Gasteiger partial charge in [-0.1, -0.05) is 25.6 Å². The Labute approximate surface area is 167 Å². The minimum atomic E-state index is -3.34. The third-order valence-electron chi connectivity index (χ3n) is 4.41. The van der Waals surface area contributed by atoms with Crippen LogP contribution < -0.4 is 10.3 Å². The second-order valence-corrected chi connectivity index (χ2v) is 8.18. The van der Waals surface area contributed by atoms with Gasteiger partial charge in [0.2, 0.25) is 10.0 Å². The van der Waals surface area contributed by atoms with Gasteiger partial charge in [-0.25, -0.2) is 13.1 Å². The molecular weight excluding hydrogens is 390 g/mol. The van der Waals surface area contributed by atoms with Gasteiger partial charge < -0.3 is 9.97 Å². The molecule has 0 atom stereocenters. The monoisotopic (exact) mass is 411 g/mol. The molecule has 0 spiro atoms. The molecule has 0 bridgehead atoms. The maximum atomic E-state index is 12.4. The van der Waals surface area contributed by atoms with Crippen LogP contribution in [0.2, 0.25) is 0 Å². The van der Waals surface area contributed by atoms with Gasteiger partial charge in [0, 0.05) is 22.5 Å². The summed E-state index contributed by atoms with van der Waals surface area (Å²) in [5.41, 5.74) is 2.66. The molecule has 8 nitrogen and oxygen atoms in total. The van der Waals surface area contributed by atoms with Crippen molar-refractivity contribution in [3.05, 3.63) is 70.6 Å². The number of azo groups is 1. The number of hydrogen-bond donors (Lipinski definition) is 3. The fourth-order valence-corrected chi connectivity index (χ4v) is 3.78. The molecule has 0 aliphatic carbocycles. The molecule has 4 rings (SSSR count). The lowest BCUT2D eigenvalue weighted by Gasteiger charge is -2.02. The van der Waals surface area contributed by atoms with Gasteiger partial charge in [0.05, 0.1) is 17.0 Å². The largest absolute Gasteiger partial charge is 0.361 e. The van der Waals surface area contributed by atoms with E-state index in [1.807, 2.05) is 30.5 Å². The number of nitrogens with one attached hydrogen (secondary N) is 3. The van der Waals surface area contributed by atoms with Gasteiger partial charge in [-0.05, 0) is 42.9 Å². The third kappa shape index (κ3) is 4.10. The standard InChI is InChI=1S/C19H17N5O3S.CH4/c1-20-28(26,27)11-12-4-6-13(7-5-12)23-24-18-17-14-3-2-10-21-15(14)8-9-16(17)22-19(18)25;/h2-10,20-21H,11H2,1H3,(H,22,25);1H4. The normalized spacial score (nSPS) is 11.9. The van der Waals surface area contributed by atoms with E-state index >= 15 is 0 Å². The van der Waals surface area contributed by atoms with E-state index in [1.165, 1.54) is 7.05 Å². The Kier molecular flexibility index (Phi) is 5.62. The molecule has 150 valence electrons. The third-order valence-corrected chi connectivity index (χ3v) is 5.75. The van der Waals surface area contributed by atoms with Crippen molar-refractivity contribution in [3.8, 4) is 0 Å². The Balaban J connectivity index is 0.00000240. The van der Waals surface area contributed by atoms with E-state index in [-0.39, 0.29) is 24.4 Å². The molecular formula is C20H21N5O3S. The van der Waals surface area contributed by atoms with E-state index in [4.69, 9.17) is 0 Å². The molecule has 2 aromatic carbocycles. The number of benzene rings is 2. The lowest BCUT2D eigenvalue weighted by molar-refractivity contribution is 0.587. The summed E-state index contributed by atoms with van der Waals surface area (Å²) < 4.78 is 25.5. The Hall–Kier alpha value is -3.30. The van der Waals surface area contributed by atoms with Crippen LogP contribution in [0.1, 0.15) is 13.0 Å². The van der Waals surface area contributed by atoms with Crippen molar-refractivity contribution >= 4 is 43.2 Å². The zero-order valence-corrected chi connectivity index (χ0v) is 15.7. The van der Waals surface area contributed by atoms with Crippen molar-refractivity contribution in [1.29, 1.82) is 0 Å². The smallest absolute Gasteiger partial charge is 0.276 e. The maximum Gasteiger partial charge on any atom is 0.276 e. The van der Waals surface area contributed by atoms with Crippen LogP contribution in [0.4, 0.5) is 11.4 Å². The summed E-state index contributed by atoms with van der Waals surface area (Å²) in [6.45, 7) is 0. The highest BCUT2D eigenvalue weighted by Gasteiger charge is 2.12. The Morgan fingerprint density at radius 1 is 1.00 bits per heavy atom. The SMILES string of the molecule is C.CNS(=O)(=O)Cc1ccc(N=Nc2c(=O)[nH]c3ccc4[nH]cccc4c23)cc1. The van der Waals surface area contributed by atoms with Crippen LogP contribution in [0.25, 0.3) is 21.8 Å². The van der Waals surface area contributed by atoms with E-state index in [0.29, 0.717) is 22.2 Å². The average Bonchev–Trinajstić information content (AvgIpc) is 3.03. The van der Waals surface area contributed by atoms with Crippen LogP contribution in [0.5, 0.6) is 0 Å². The van der Waals surface area contributed by atoms with Gasteiger partial charge >= 0.3 is 0 Å². The van der Waals surface area contributed by atoms with Crippen molar-refractivity contribution in [1.82, 2.24) is 14.7 Å². The number of H-pyrrole nitrogens is 2. The maximum absolute atomic E-state index is 12.4.